The van der Waals surface area contributed by atoms with Crippen LogP contribution in [0.3, 0.4) is 0 Å². The molecule has 0 N–H and O–H groups in total. The molecule has 0 bridgehead atoms. The molecule has 0 fully saturated rings. The summed E-state index contributed by atoms with van der Waals surface area (Å²) in [6.07, 6.45) is 3.88. The maximum absolute atomic E-state index is 9.32. The first kappa shape index (κ1) is 10.3. The molecule has 0 saturated heterocycles. The standard InChI is InChI=1S/C4H6O.CHNS/c1-2-3-4-5;2-1-3/h2-4H,1H3;3H. The molecule has 44 valence electrons. The lowest BCUT2D eigenvalue weighted by Crippen LogP contribution is -1.50. The van der Waals surface area contributed by atoms with Crippen LogP contribution in [0.15, 0.2) is 12.2 Å². The Bertz CT molecular complexity index is 103. The van der Waals surface area contributed by atoms with Gasteiger partial charge < -0.3 is 0 Å². The Morgan fingerprint density at radius 2 is 2.12 bits per heavy atom. The van der Waals surface area contributed by atoms with Crippen molar-refractivity contribution in [2.24, 2.45) is 0 Å². The van der Waals surface area contributed by atoms with Crippen molar-refractivity contribution in [3.05, 3.63) is 12.2 Å². The third-order valence-corrected chi connectivity index (χ3v) is 0.271. The first-order valence-electron chi connectivity index (χ1n) is 1.93. The molecule has 2 nitrogen and oxygen atoms in total. The average molecular weight is 129 g/mol. The maximum atomic E-state index is 9.32. The highest BCUT2D eigenvalue weighted by Gasteiger charge is 1.48. The number of rotatable bonds is 1. The summed E-state index contributed by atoms with van der Waals surface area (Å²) >= 11 is 3.09. The van der Waals surface area contributed by atoms with Crippen LogP contribution in [-0.2, 0) is 4.79 Å². The van der Waals surface area contributed by atoms with E-state index in [-0.39, 0.29) is 0 Å². The van der Waals surface area contributed by atoms with Gasteiger partial charge in [0.2, 0.25) is 0 Å². The van der Waals surface area contributed by atoms with Crippen molar-refractivity contribution >= 4 is 18.9 Å². The zero-order chi connectivity index (χ0) is 6.83. The molecule has 0 aliphatic heterocycles. The van der Waals surface area contributed by atoms with E-state index in [4.69, 9.17) is 5.26 Å². The molecule has 0 aliphatic carbocycles. The fourth-order valence-corrected chi connectivity index (χ4v) is 0.0786. The molecule has 0 radical (unpaired) electrons. The summed E-state index contributed by atoms with van der Waals surface area (Å²) in [5.41, 5.74) is 0. The molecule has 0 aromatic heterocycles. The van der Waals surface area contributed by atoms with Crippen LogP contribution < -0.4 is 0 Å². The van der Waals surface area contributed by atoms with E-state index >= 15 is 0 Å². The Morgan fingerprint density at radius 1 is 1.75 bits per heavy atom. The maximum Gasteiger partial charge on any atom is 0.142 e. The van der Waals surface area contributed by atoms with Crippen LogP contribution in [0.5, 0.6) is 0 Å². The molecule has 0 heterocycles. The lowest BCUT2D eigenvalue weighted by atomic mass is 10.6. The summed E-state index contributed by atoms with van der Waals surface area (Å²) in [5.74, 6) is 0. The van der Waals surface area contributed by atoms with Crippen LogP contribution in [0.25, 0.3) is 0 Å². The minimum Gasteiger partial charge on any atom is -0.299 e. The van der Waals surface area contributed by atoms with Gasteiger partial charge in [-0.15, -0.1) is 0 Å². The van der Waals surface area contributed by atoms with Gasteiger partial charge in [0.25, 0.3) is 0 Å². The molecular formula is C5H7NOS. The number of hydrogen-bond donors (Lipinski definition) is 1. The van der Waals surface area contributed by atoms with E-state index in [2.05, 4.69) is 12.6 Å². The van der Waals surface area contributed by atoms with Crippen LogP contribution in [0.2, 0.25) is 0 Å². The minimum atomic E-state index is 0.750. The Kier molecular flexibility index (Phi) is 20.9. The summed E-state index contributed by atoms with van der Waals surface area (Å²) in [7, 11) is 0. The van der Waals surface area contributed by atoms with E-state index in [0.29, 0.717) is 0 Å². The summed E-state index contributed by atoms with van der Waals surface area (Å²) in [6.45, 7) is 1.80. The lowest BCUT2D eigenvalue weighted by Gasteiger charge is -1.51. The average Bonchev–Trinajstić information content (AvgIpc) is 1.71. The Labute approximate surface area is 54.2 Å². The number of thiol groups is 1. The quantitative estimate of drug-likeness (QED) is 0.250. The number of nitriles is 1. The Hall–Kier alpha value is -0.750. The second-order valence-electron chi connectivity index (χ2n) is 0.762. The van der Waals surface area contributed by atoms with Crippen molar-refractivity contribution in [2.45, 2.75) is 6.92 Å². The van der Waals surface area contributed by atoms with Crippen molar-refractivity contribution in [3.8, 4) is 5.40 Å². The van der Waals surface area contributed by atoms with E-state index < -0.39 is 0 Å². The number of allylic oxidation sites excluding steroid dienone is 2. The molecule has 0 atom stereocenters. The minimum absolute atomic E-state index is 0.750. The third-order valence-electron chi connectivity index (χ3n) is 0.271. The molecule has 0 spiro atoms. The molecule has 0 aromatic carbocycles. The van der Waals surface area contributed by atoms with Gasteiger partial charge >= 0.3 is 0 Å². The first-order valence-corrected chi connectivity index (χ1v) is 2.37. The first-order chi connectivity index (χ1) is 3.83. The zero-order valence-corrected chi connectivity index (χ0v) is 5.43. The van der Waals surface area contributed by atoms with Crippen LogP contribution >= 0.6 is 12.6 Å². The van der Waals surface area contributed by atoms with Gasteiger partial charge in [-0.1, -0.05) is 18.7 Å². The number of carbonyl (C=O) groups excluding carboxylic acids is 1. The van der Waals surface area contributed by atoms with Gasteiger partial charge in [-0.2, -0.15) is 5.26 Å². The monoisotopic (exact) mass is 129 g/mol. The summed E-state index contributed by atoms with van der Waals surface area (Å²) < 4.78 is 0. The number of nitrogens with zero attached hydrogens (tertiary/aromatic N) is 1. The molecule has 0 aromatic rings. The van der Waals surface area contributed by atoms with Gasteiger partial charge in [-0.25, -0.2) is 0 Å². The number of aldehydes is 1. The van der Waals surface area contributed by atoms with Gasteiger partial charge in [0.15, 0.2) is 0 Å². The van der Waals surface area contributed by atoms with Crippen molar-refractivity contribution in [2.75, 3.05) is 0 Å². The number of thiocyanates is 1. The molecular weight excluding hydrogens is 122 g/mol. The van der Waals surface area contributed by atoms with Crippen molar-refractivity contribution in [1.29, 1.82) is 5.26 Å². The smallest absolute Gasteiger partial charge is 0.142 e. The molecule has 0 aliphatic rings. The van der Waals surface area contributed by atoms with Crippen LogP contribution in [0.1, 0.15) is 6.92 Å². The number of carbonyl (C=O) groups is 1. The zero-order valence-electron chi connectivity index (χ0n) is 4.53. The highest BCUT2D eigenvalue weighted by atomic mass is 32.1. The predicted octanol–water partition coefficient (Wildman–Crippen LogP) is 1.16. The van der Waals surface area contributed by atoms with Crippen molar-refractivity contribution in [3.63, 3.8) is 0 Å². The second-order valence-corrected chi connectivity index (χ2v) is 0.962. The predicted molar refractivity (Wildman–Crippen MR) is 35.5 cm³/mol. The molecule has 0 amide bonds. The normalized spacial score (nSPS) is 6.62. The van der Waals surface area contributed by atoms with Gasteiger partial charge in [0.1, 0.15) is 11.7 Å². The second kappa shape index (κ2) is 16.3. The van der Waals surface area contributed by atoms with Crippen LogP contribution in [0, 0.1) is 10.7 Å². The van der Waals surface area contributed by atoms with E-state index in [0.717, 1.165) is 6.29 Å². The fraction of sp³-hybridized carbons (Fsp3) is 0.200. The third kappa shape index (κ3) is 60.7. The van der Waals surface area contributed by atoms with Crippen molar-refractivity contribution in [1.82, 2.24) is 0 Å². The van der Waals surface area contributed by atoms with Crippen molar-refractivity contribution < 1.29 is 4.79 Å². The highest BCUT2D eigenvalue weighted by molar-refractivity contribution is 7.85. The van der Waals surface area contributed by atoms with Gasteiger partial charge in [0.05, 0.1) is 0 Å². The molecule has 8 heavy (non-hydrogen) atoms. The van der Waals surface area contributed by atoms with Crippen LogP contribution in [-0.4, -0.2) is 6.29 Å². The molecule has 0 saturated carbocycles. The number of hydrogen-bond acceptors (Lipinski definition) is 3. The largest absolute Gasteiger partial charge is 0.299 e. The summed E-state index contributed by atoms with van der Waals surface area (Å²) in [4.78, 5) is 9.32. The molecule has 0 unspecified atom stereocenters. The summed E-state index contributed by atoms with van der Waals surface area (Å²) in [5, 5.41) is 8.63. The molecule has 3 heteroatoms. The van der Waals surface area contributed by atoms with E-state index in [9.17, 15) is 4.79 Å². The van der Waals surface area contributed by atoms with Crippen LogP contribution in [0.4, 0.5) is 0 Å². The SMILES string of the molecule is CC=CC=O.N#CS. The fourth-order valence-electron chi connectivity index (χ4n) is 0.0786. The highest BCUT2D eigenvalue weighted by Crippen LogP contribution is 1.55. The van der Waals surface area contributed by atoms with Gasteiger partial charge in [-0.05, 0) is 13.0 Å². The topological polar surface area (TPSA) is 40.9 Å². The molecule has 0 rings (SSSR count). The van der Waals surface area contributed by atoms with Gasteiger partial charge in [0, 0.05) is 0 Å². The van der Waals surface area contributed by atoms with E-state index in [1.54, 1.807) is 13.0 Å². The Balaban J connectivity index is 0. The van der Waals surface area contributed by atoms with E-state index in [1.807, 2.05) is 0 Å². The van der Waals surface area contributed by atoms with Gasteiger partial charge in [-0.3, -0.25) is 4.79 Å². The van der Waals surface area contributed by atoms with E-state index in [1.165, 1.54) is 11.5 Å². The Morgan fingerprint density at radius 3 is 2.12 bits per heavy atom. The lowest BCUT2D eigenvalue weighted by molar-refractivity contribution is -0.104. The summed E-state index contributed by atoms with van der Waals surface area (Å²) in [6, 6.07) is 0.